The molecule has 0 bridgehead atoms. The molecule has 1 fully saturated rings. The molecule has 0 aromatic carbocycles. The molecule has 0 saturated carbocycles. The van der Waals surface area contributed by atoms with Crippen LogP contribution in [0.1, 0.15) is 26.7 Å². The second-order valence-electron chi connectivity index (χ2n) is 4.14. The van der Waals surface area contributed by atoms with Crippen LogP contribution >= 0.6 is 0 Å². The molecule has 0 spiro atoms. The lowest BCUT2D eigenvalue weighted by Gasteiger charge is -2.39. The highest BCUT2D eigenvalue weighted by molar-refractivity contribution is 5.17. The molecule has 1 aliphatic heterocycles. The minimum atomic E-state index is -1.46. The lowest BCUT2D eigenvalue weighted by atomic mass is 9.76. The molecule has 0 aromatic heterocycles. The summed E-state index contributed by atoms with van der Waals surface area (Å²) >= 11 is 0. The third kappa shape index (κ3) is 2.08. The van der Waals surface area contributed by atoms with Crippen molar-refractivity contribution in [3.63, 3.8) is 0 Å². The van der Waals surface area contributed by atoms with Crippen molar-refractivity contribution in [2.24, 2.45) is 5.41 Å². The van der Waals surface area contributed by atoms with Gasteiger partial charge in [-0.2, -0.15) is 8.78 Å². The summed E-state index contributed by atoms with van der Waals surface area (Å²) < 4.78 is 25.2. The van der Waals surface area contributed by atoms with Crippen molar-refractivity contribution in [3.05, 3.63) is 11.7 Å². The Kier molecular flexibility index (Phi) is 3.06. The second kappa shape index (κ2) is 3.74. The van der Waals surface area contributed by atoms with Crippen molar-refractivity contribution in [3.8, 4) is 0 Å². The second-order valence-corrected chi connectivity index (χ2v) is 4.14. The molecule has 0 aromatic rings. The van der Waals surface area contributed by atoms with E-state index < -0.39 is 6.08 Å². The van der Waals surface area contributed by atoms with Gasteiger partial charge in [0.2, 0.25) is 0 Å². The maximum Gasteiger partial charge on any atom is 0.270 e. The average molecular weight is 189 g/mol. The number of hydrogen-bond donors (Lipinski definition) is 0. The van der Waals surface area contributed by atoms with Gasteiger partial charge in [0, 0.05) is 24.1 Å². The lowest BCUT2D eigenvalue weighted by Crippen LogP contribution is -2.40. The van der Waals surface area contributed by atoms with Gasteiger partial charge in [-0.25, -0.2) is 0 Å². The van der Waals surface area contributed by atoms with E-state index in [1.807, 2.05) is 20.9 Å². The molecule has 0 aliphatic carbocycles. The summed E-state index contributed by atoms with van der Waals surface area (Å²) in [6, 6.07) is 0. The fourth-order valence-electron chi connectivity index (χ4n) is 2.02. The molecular weight excluding hydrogens is 172 g/mol. The summed E-state index contributed by atoms with van der Waals surface area (Å²) in [4.78, 5) is 2.12. The average Bonchev–Trinajstić information content (AvgIpc) is 2.03. The van der Waals surface area contributed by atoms with Crippen molar-refractivity contribution in [2.45, 2.75) is 26.7 Å². The smallest absolute Gasteiger partial charge is 0.270 e. The van der Waals surface area contributed by atoms with Gasteiger partial charge in [0.25, 0.3) is 6.08 Å². The van der Waals surface area contributed by atoms with Crippen LogP contribution in [0.15, 0.2) is 11.7 Å². The van der Waals surface area contributed by atoms with E-state index in [2.05, 4.69) is 4.90 Å². The van der Waals surface area contributed by atoms with E-state index in [4.69, 9.17) is 0 Å². The van der Waals surface area contributed by atoms with Crippen molar-refractivity contribution in [1.29, 1.82) is 0 Å². The van der Waals surface area contributed by atoms with Gasteiger partial charge in [0.1, 0.15) is 0 Å². The first-order valence-electron chi connectivity index (χ1n) is 4.73. The first-order valence-corrected chi connectivity index (χ1v) is 4.73. The Bertz CT molecular complexity index is 221. The number of nitrogens with zero attached hydrogens (tertiary/aromatic N) is 1. The Hall–Kier alpha value is -0.440. The van der Waals surface area contributed by atoms with Gasteiger partial charge in [-0.15, -0.1) is 0 Å². The Morgan fingerprint density at radius 1 is 1.54 bits per heavy atom. The number of rotatable bonds is 1. The SMILES string of the molecule is CC[C@]1(C)CN(C)CCC1=C(F)F. The molecule has 76 valence electrons. The minimum absolute atomic E-state index is 0.314. The molecule has 1 saturated heterocycles. The third-order valence-electron chi connectivity index (χ3n) is 3.10. The zero-order valence-electron chi connectivity index (χ0n) is 8.53. The fourth-order valence-corrected chi connectivity index (χ4v) is 2.02. The predicted octanol–water partition coefficient (Wildman–Crippen LogP) is 2.89. The quantitative estimate of drug-likeness (QED) is 0.613. The van der Waals surface area contributed by atoms with Gasteiger partial charge < -0.3 is 4.90 Å². The van der Waals surface area contributed by atoms with E-state index in [1.165, 1.54) is 0 Å². The zero-order chi connectivity index (χ0) is 10.1. The Labute approximate surface area is 78.4 Å². The first kappa shape index (κ1) is 10.6. The monoisotopic (exact) mass is 189 g/mol. The van der Waals surface area contributed by atoms with Crippen LogP contribution in [0.3, 0.4) is 0 Å². The van der Waals surface area contributed by atoms with E-state index in [0.717, 1.165) is 19.5 Å². The van der Waals surface area contributed by atoms with Crippen molar-refractivity contribution >= 4 is 0 Å². The highest BCUT2D eigenvalue weighted by Crippen LogP contribution is 2.39. The number of halogens is 2. The third-order valence-corrected chi connectivity index (χ3v) is 3.10. The minimum Gasteiger partial charge on any atom is -0.305 e. The summed E-state index contributed by atoms with van der Waals surface area (Å²) in [5.41, 5.74) is 0.0550. The molecule has 0 unspecified atom stereocenters. The van der Waals surface area contributed by atoms with Crippen LogP contribution in [-0.2, 0) is 0 Å². The van der Waals surface area contributed by atoms with E-state index in [0.29, 0.717) is 12.0 Å². The topological polar surface area (TPSA) is 3.24 Å². The van der Waals surface area contributed by atoms with Gasteiger partial charge in [-0.3, -0.25) is 0 Å². The van der Waals surface area contributed by atoms with E-state index in [9.17, 15) is 8.78 Å². The molecule has 1 atom stereocenters. The molecular formula is C10H17F2N. The van der Waals surface area contributed by atoms with E-state index in [1.54, 1.807) is 0 Å². The van der Waals surface area contributed by atoms with E-state index in [-0.39, 0.29) is 5.41 Å². The van der Waals surface area contributed by atoms with Crippen molar-refractivity contribution < 1.29 is 8.78 Å². The summed E-state index contributed by atoms with van der Waals surface area (Å²) in [6.07, 6.45) is -0.162. The summed E-state index contributed by atoms with van der Waals surface area (Å²) in [7, 11) is 1.99. The molecule has 3 heteroatoms. The molecule has 1 nitrogen and oxygen atoms in total. The van der Waals surface area contributed by atoms with Gasteiger partial charge in [-0.05, 0) is 19.9 Å². The van der Waals surface area contributed by atoms with Crippen LogP contribution in [0.4, 0.5) is 8.78 Å². The number of likely N-dealkylation sites (tertiary alicyclic amines) is 1. The number of hydrogen-bond acceptors (Lipinski definition) is 1. The van der Waals surface area contributed by atoms with Crippen molar-refractivity contribution in [1.82, 2.24) is 4.90 Å². The summed E-state index contributed by atoms with van der Waals surface area (Å²) in [6.45, 7) is 5.40. The molecule has 0 N–H and O–H groups in total. The zero-order valence-corrected chi connectivity index (χ0v) is 8.53. The lowest BCUT2D eigenvalue weighted by molar-refractivity contribution is 0.166. The van der Waals surface area contributed by atoms with Gasteiger partial charge in [0.15, 0.2) is 0 Å². The molecule has 0 amide bonds. The van der Waals surface area contributed by atoms with Crippen molar-refractivity contribution in [2.75, 3.05) is 20.1 Å². The van der Waals surface area contributed by atoms with Crippen LogP contribution < -0.4 is 0 Å². The highest BCUT2D eigenvalue weighted by Gasteiger charge is 2.35. The molecule has 1 rings (SSSR count). The molecule has 1 heterocycles. The Morgan fingerprint density at radius 3 is 2.62 bits per heavy atom. The fraction of sp³-hybridized carbons (Fsp3) is 0.800. The van der Waals surface area contributed by atoms with Crippen LogP contribution in [-0.4, -0.2) is 25.0 Å². The normalized spacial score (nSPS) is 30.7. The van der Waals surface area contributed by atoms with Crippen LogP contribution in [0, 0.1) is 5.41 Å². The standard InChI is InChI=1S/C10H17F2N/c1-4-10(2)7-13(3)6-5-8(10)9(11)12/h4-7H2,1-3H3/t10-/m1/s1. The van der Waals surface area contributed by atoms with Crippen LogP contribution in [0.25, 0.3) is 0 Å². The van der Waals surface area contributed by atoms with Gasteiger partial charge in [-0.1, -0.05) is 13.8 Å². The van der Waals surface area contributed by atoms with Gasteiger partial charge >= 0.3 is 0 Å². The van der Waals surface area contributed by atoms with Gasteiger partial charge in [0.05, 0.1) is 0 Å². The highest BCUT2D eigenvalue weighted by atomic mass is 19.3. The summed E-state index contributed by atoms with van der Waals surface area (Å²) in [5, 5.41) is 0. The predicted molar refractivity (Wildman–Crippen MR) is 49.8 cm³/mol. The van der Waals surface area contributed by atoms with Crippen LogP contribution in [0.5, 0.6) is 0 Å². The maximum atomic E-state index is 12.6. The first-order chi connectivity index (χ1) is 5.99. The maximum absolute atomic E-state index is 12.6. The summed E-state index contributed by atoms with van der Waals surface area (Å²) in [5.74, 6) is 0. The molecule has 0 radical (unpaired) electrons. The van der Waals surface area contributed by atoms with E-state index >= 15 is 0 Å². The Balaban J connectivity index is 2.92. The Morgan fingerprint density at radius 2 is 2.15 bits per heavy atom. The van der Waals surface area contributed by atoms with Crippen LogP contribution in [0.2, 0.25) is 0 Å². The molecule has 1 aliphatic rings. The molecule has 13 heavy (non-hydrogen) atoms. The number of piperidine rings is 1. The largest absolute Gasteiger partial charge is 0.305 e.